The summed E-state index contributed by atoms with van der Waals surface area (Å²) >= 11 is 0. The number of benzene rings is 2. The number of rotatable bonds is 0. The van der Waals surface area contributed by atoms with Gasteiger partial charge in [-0.2, -0.15) is 0 Å². The number of nitrogens with one attached hydrogen (secondary N) is 2. The van der Waals surface area contributed by atoms with E-state index >= 15 is 0 Å². The second kappa shape index (κ2) is 4.02. The van der Waals surface area contributed by atoms with Crippen LogP contribution < -0.4 is 10.9 Å². The van der Waals surface area contributed by atoms with Crippen molar-refractivity contribution in [1.82, 2.24) is 10.9 Å². The van der Waals surface area contributed by atoms with E-state index in [1.165, 1.54) is 22.3 Å². The highest BCUT2D eigenvalue weighted by atomic mass is 16.2. The van der Waals surface area contributed by atoms with Crippen LogP contribution in [-0.2, 0) is 15.0 Å². The Hall–Kier alpha value is -2.62. The fourth-order valence-corrected chi connectivity index (χ4v) is 5.08. The third-order valence-electron chi connectivity index (χ3n) is 5.95. The van der Waals surface area contributed by atoms with E-state index in [-0.39, 0.29) is 29.6 Å². The molecule has 0 spiro atoms. The van der Waals surface area contributed by atoms with Crippen LogP contribution in [0.2, 0.25) is 0 Å². The summed E-state index contributed by atoms with van der Waals surface area (Å²) < 4.78 is 0. The topological polar surface area (TPSA) is 58.2 Å². The van der Waals surface area contributed by atoms with Crippen molar-refractivity contribution in [3.8, 4) is 0 Å². The molecule has 0 radical (unpaired) electrons. The lowest BCUT2D eigenvalue weighted by Crippen LogP contribution is -2.66. The molecule has 4 heteroatoms. The van der Waals surface area contributed by atoms with Crippen molar-refractivity contribution >= 4 is 11.8 Å². The molecule has 1 saturated heterocycles. The summed E-state index contributed by atoms with van der Waals surface area (Å²) in [5, 5.41) is 0. The van der Waals surface area contributed by atoms with Crippen LogP contribution in [0.3, 0.4) is 0 Å². The molecule has 23 heavy (non-hydrogen) atoms. The fourth-order valence-electron chi connectivity index (χ4n) is 5.08. The molecule has 0 saturated carbocycles. The fraction of sp³-hybridized carbons (Fsp3) is 0.263. The second-order valence-electron chi connectivity index (χ2n) is 6.84. The Morgan fingerprint density at radius 2 is 1.35 bits per heavy atom. The highest BCUT2D eigenvalue weighted by molar-refractivity contribution is 5.97. The number of amides is 2. The van der Waals surface area contributed by atoms with Gasteiger partial charge in [0.2, 0.25) is 11.8 Å². The van der Waals surface area contributed by atoms with Crippen molar-refractivity contribution in [2.75, 3.05) is 0 Å². The van der Waals surface area contributed by atoms with E-state index < -0.39 is 5.41 Å². The van der Waals surface area contributed by atoms with Gasteiger partial charge in [0.15, 0.2) is 0 Å². The van der Waals surface area contributed by atoms with E-state index in [2.05, 4.69) is 42.0 Å². The highest BCUT2D eigenvalue weighted by Gasteiger charge is 2.62. The SMILES string of the molecule is CC12c3ccccc3C(c3ccccc31)[C@@H]1C(=O)NNC(=O)[C@H]12. The molecule has 4 nitrogen and oxygen atoms in total. The van der Waals surface area contributed by atoms with Gasteiger partial charge in [0.05, 0.1) is 11.8 Å². The van der Waals surface area contributed by atoms with Gasteiger partial charge in [0.25, 0.3) is 0 Å². The number of carbonyl (C=O) groups is 2. The van der Waals surface area contributed by atoms with Crippen molar-refractivity contribution in [2.24, 2.45) is 11.8 Å². The summed E-state index contributed by atoms with van der Waals surface area (Å²) in [4.78, 5) is 25.3. The molecule has 6 rings (SSSR count). The Kier molecular flexibility index (Phi) is 2.25. The predicted octanol–water partition coefficient (Wildman–Crippen LogP) is 1.84. The van der Waals surface area contributed by atoms with E-state index in [0.717, 1.165) is 0 Å². The van der Waals surface area contributed by atoms with Crippen LogP contribution in [0.1, 0.15) is 35.1 Å². The Balaban J connectivity index is 1.92. The van der Waals surface area contributed by atoms with Crippen molar-refractivity contribution in [2.45, 2.75) is 18.3 Å². The Morgan fingerprint density at radius 3 is 1.96 bits per heavy atom. The van der Waals surface area contributed by atoms with Crippen molar-refractivity contribution in [1.29, 1.82) is 0 Å². The van der Waals surface area contributed by atoms with Gasteiger partial charge < -0.3 is 0 Å². The molecular formula is C19H16N2O2. The first-order chi connectivity index (χ1) is 11.1. The monoisotopic (exact) mass is 304 g/mol. The van der Waals surface area contributed by atoms with E-state index in [4.69, 9.17) is 0 Å². The summed E-state index contributed by atoms with van der Waals surface area (Å²) in [6, 6.07) is 16.5. The molecule has 2 aromatic rings. The molecule has 2 N–H and O–H groups in total. The lowest BCUT2D eigenvalue weighted by atomic mass is 9.47. The van der Waals surface area contributed by atoms with Gasteiger partial charge >= 0.3 is 0 Å². The number of hydrogen-bond acceptors (Lipinski definition) is 2. The minimum atomic E-state index is -0.478. The maximum Gasteiger partial charge on any atom is 0.243 e. The van der Waals surface area contributed by atoms with Crippen LogP contribution in [0.25, 0.3) is 0 Å². The zero-order valence-corrected chi connectivity index (χ0v) is 12.7. The summed E-state index contributed by atoms with van der Waals surface area (Å²) in [5.41, 5.74) is 9.35. The van der Waals surface area contributed by atoms with E-state index in [0.29, 0.717) is 0 Å². The van der Waals surface area contributed by atoms with Gasteiger partial charge in [0, 0.05) is 11.3 Å². The number of hydrogen-bond donors (Lipinski definition) is 2. The Morgan fingerprint density at radius 1 is 0.826 bits per heavy atom. The molecule has 2 aromatic carbocycles. The van der Waals surface area contributed by atoms with E-state index in [1.807, 2.05) is 24.3 Å². The van der Waals surface area contributed by atoms with Crippen LogP contribution in [0.5, 0.6) is 0 Å². The minimum Gasteiger partial charge on any atom is -0.273 e. The van der Waals surface area contributed by atoms with Gasteiger partial charge in [0.1, 0.15) is 0 Å². The standard InChI is InChI=1S/C19H16N2O2/c1-19-12-8-4-2-6-10(12)14(11-7-3-5-9-13(11)19)15-16(19)18(23)21-20-17(15)22/h2-9,14-16H,1H3,(H,20,22)(H,21,23)/t14?,15-,16-,19?/m0/s1. The third-order valence-corrected chi connectivity index (χ3v) is 5.95. The zero-order chi connectivity index (χ0) is 15.8. The zero-order valence-electron chi connectivity index (χ0n) is 12.7. The van der Waals surface area contributed by atoms with Crippen LogP contribution in [-0.4, -0.2) is 11.8 Å². The molecule has 1 heterocycles. The van der Waals surface area contributed by atoms with Gasteiger partial charge in [-0.15, -0.1) is 0 Å². The van der Waals surface area contributed by atoms with Gasteiger partial charge in [-0.3, -0.25) is 20.4 Å². The molecule has 1 aliphatic heterocycles. The first kappa shape index (κ1) is 12.9. The lowest BCUT2D eigenvalue weighted by Gasteiger charge is -2.56. The molecule has 114 valence electrons. The average Bonchev–Trinajstić information content (AvgIpc) is 2.58. The van der Waals surface area contributed by atoms with Crippen LogP contribution in [0.15, 0.2) is 48.5 Å². The maximum atomic E-state index is 12.7. The van der Waals surface area contributed by atoms with Gasteiger partial charge in [-0.1, -0.05) is 55.5 Å². The highest BCUT2D eigenvalue weighted by Crippen LogP contribution is 2.61. The normalized spacial score (nSPS) is 33.2. The predicted molar refractivity (Wildman–Crippen MR) is 84.4 cm³/mol. The molecule has 4 aliphatic rings. The number of carbonyl (C=O) groups excluding carboxylic acids is 2. The van der Waals surface area contributed by atoms with E-state index in [9.17, 15) is 9.59 Å². The molecular weight excluding hydrogens is 288 g/mol. The van der Waals surface area contributed by atoms with Crippen molar-refractivity contribution in [3.63, 3.8) is 0 Å². The first-order valence-electron chi connectivity index (χ1n) is 7.92. The summed E-state index contributed by atoms with van der Waals surface area (Å²) in [6.45, 7) is 2.11. The van der Waals surface area contributed by atoms with Crippen LogP contribution in [0, 0.1) is 11.8 Å². The number of hydrazine groups is 1. The first-order valence-corrected chi connectivity index (χ1v) is 7.92. The second-order valence-corrected chi connectivity index (χ2v) is 6.84. The molecule has 0 aromatic heterocycles. The lowest BCUT2D eigenvalue weighted by molar-refractivity contribution is -0.147. The average molecular weight is 304 g/mol. The maximum absolute atomic E-state index is 12.7. The quantitative estimate of drug-likeness (QED) is 0.780. The van der Waals surface area contributed by atoms with Crippen molar-refractivity contribution < 1.29 is 9.59 Å². The molecule has 0 unspecified atom stereocenters. The molecule has 3 aliphatic carbocycles. The summed E-state index contributed by atoms with van der Waals surface area (Å²) in [7, 11) is 0. The van der Waals surface area contributed by atoms with Gasteiger partial charge in [-0.25, -0.2) is 0 Å². The molecule has 2 atom stereocenters. The third kappa shape index (κ3) is 1.33. The van der Waals surface area contributed by atoms with Crippen molar-refractivity contribution in [3.05, 3.63) is 70.8 Å². The van der Waals surface area contributed by atoms with Gasteiger partial charge in [-0.05, 0) is 22.3 Å². The Bertz CT molecular complexity index is 826. The summed E-state index contributed by atoms with van der Waals surface area (Å²) in [6.07, 6.45) is 0. The molecule has 1 fully saturated rings. The Labute approximate surface area is 133 Å². The van der Waals surface area contributed by atoms with Crippen LogP contribution in [0.4, 0.5) is 0 Å². The molecule has 2 amide bonds. The molecule has 2 bridgehead atoms. The smallest absolute Gasteiger partial charge is 0.243 e. The minimum absolute atomic E-state index is 0.0553. The van der Waals surface area contributed by atoms with Crippen LogP contribution >= 0.6 is 0 Å². The summed E-state index contributed by atoms with van der Waals surface area (Å²) in [5.74, 6) is -0.953. The largest absolute Gasteiger partial charge is 0.273 e. The van der Waals surface area contributed by atoms with E-state index in [1.54, 1.807) is 0 Å².